The van der Waals surface area contributed by atoms with Crippen LogP contribution in [0.2, 0.25) is 0 Å². The second-order valence-corrected chi connectivity index (χ2v) is 6.41. The van der Waals surface area contributed by atoms with Crippen LogP contribution < -0.4 is 5.32 Å². The van der Waals surface area contributed by atoms with Crippen LogP contribution in [0.3, 0.4) is 0 Å². The van der Waals surface area contributed by atoms with E-state index >= 15 is 0 Å². The van der Waals surface area contributed by atoms with E-state index in [0.29, 0.717) is 18.1 Å². The number of carbonyl (C=O) groups is 1. The number of amides is 1. The SMILES string of the molecule is CN1[C@@H]2CC[C@H]1CC(NC(=O)c1ccc3ccccn13)C2. The zero-order valence-corrected chi connectivity index (χ0v) is 12.3. The maximum atomic E-state index is 12.6. The lowest BCUT2D eigenvalue weighted by atomic mass is 9.98. The highest BCUT2D eigenvalue weighted by molar-refractivity contribution is 5.94. The minimum absolute atomic E-state index is 0.0511. The largest absolute Gasteiger partial charge is 0.348 e. The van der Waals surface area contributed by atoms with Gasteiger partial charge in [0.25, 0.3) is 5.91 Å². The molecule has 2 saturated heterocycles. The summed E-state index contributed by atoms with van der Waals surface area (Å²) in [5.74, 6) is 0.0511. The molecule has 2 aliphatic rings. The average molecular weight is 283 g/mol. The van der Waals surface area contributed by atoms with Gasteiger partial charge in [0.05, 0.1) is 0 Å². The molecule has 2 aromatic rings. The number of rotatable bonds is 2. The van der Waals surface area contributed by atoms with Crippen molar-refractivity contribution in [1.29, 1.82) is 0 Å². The Hall–Kier alpha value is -1.81. The van der Waals surface area contributed by atoms with E-state index in [9.17, 15) is 4.79 Å². The number of pyridine rings is 1. The fourth-order valence-corrected chi connectivity index (χ4v) is 4.03. The number of piperidine rings is 1. The first-order valence-corrected chi connectivity index (χ1v) is 7.81. The lowest BCUT2D eigenvalue weighted by molar-refractivity contribution is 0.0877. The van der Waals surface area contributed by atoms with E-state index in [1.165, 1.54) is 12.8 Å². The van der Waals surface area contributed by atoms with Gasteiger partial charge in [-0.1, -0.05) is 6.07 Å². The van der Waals surface area contributed by atoms with Gasteiger partial charge in [-0.05, 0) is 57.0 Å². The fourth-order valence-electron chi connectivity index (χ4n) is 4.03. The molecule has 2 aromatic heterocycles. The molecule has 2 aliphatic heterocycles. The summed E-state index contributed by atoms with van der Waals surface area (Å²) in [6.07, 6.45) is 6.68. The predicted molar refractivity (Wildman–Crippen MR) is 82.5 cm³/mol. The normalized spacial score (nSPS) is 28.9. The molecular formula is C17H21N3O. The Morgan fingerprint density at radius 3 is 2.67 bits per heavy atom. The summed E-state index contributed by atoms with van der Waals surface area (Å²) in [5, 5.41) is 3.25. The maximum absolute atomic E-state index is 12.6. The molecule has 0 spiro atoms. The van der Waals surface area contributed by atoms with Crippen LogP contribution in [0, 0.1) is 0 Å². The number of hydrogen-bond acceptors (Lipinski definition) is 2. The van der Waals surface area contributed by atoms with Gasteiger partial charge < -0.3 is 14.6 Å². The van der Waals surface area contributed by atoms with Crippen LogP contribution in [0.1, 0.15) is 36.2 Å². The Kier molecular flexibility index (Phi) is 3.00. The van der Waals surface area contributed by atoms with E-state index in [1.54, 1.807) is 0 Å². The van der Waals surface area contributed by atoms with E-state index in [4.69, 9.17) is 0 Å². The van der Waals surface area contributed by atoms with E-state index < -0.39 is 0 Å². The van der Waals surface area contributed by atoms with Gasteiger partial charge in [0.1, 0.15) is 5.69 Å². The molecule has 4 heterocycles. The van der Waals surface area contributed by atoms with E-state index in [0.717, 1.165) is 24.1 Å². The molecule has 4 nitrogen and oxygen atoms in total. The molecule has 2 fully saturated rings. The topological polar surface area (TPSA) is 36.8 Å². The summed E-state index contributed by atoms with van der Waals surface area (Å²) in [7, 11) is 2.22. The quantitative estimate of drug-likeness (QED) is 0.918. The molecule has 21 heavy (non-hydrogen) atoms. The molecule has 4 rings (SSSR count). The third-order valence-electron chi connectivity index (χ3n) is 5.23. The number of nitrogens with zero attached hydrogens (tertiary/aromatic N) is 2. The van der Waals surface area contributed by atoms with Crippen LogP contribution in [0.4, 0.5) is 0 Å². The summed E-state index contributed by atoms with van der Waals surface area (Å²) in [6, 6.07) is 11.5. The van der Waals surface area contributed by atoms with E-state index in [-0.39, 0.29) is 5.91 Å². The van der Waals surface area contributed by atoms with Gasteiger partial charge in [0.15, 0.2) is 0 Å². The molecular weight excluding hydrogens is 262 g/mol. The van der Waals surface area contributed by atoms with Crippen LogP contribution in [0.25, 0.3) is 5.52 Å². The summed E-state index contributed by atoms with van der Waals surface area (Å²) >= 11 is 0. The fraction of sp³-hybridized carbons (Fsp3) is 0.471. The minimum Gasteiger partial charge on any atom is -0.348 e. The first-order valence-electron chi connectivity index (χ1n) is 7.81. The number of aromatic nitrogens is 1. The zero-order valence-electron chi connectivity index (χ0n) is 12.3. The molecule has 0 radical (unpaired) electrons. The van der Waals surface area contributed by atoms with Crippen LogP contribution in [-0.4, -0.2) is 40.4 Å². The van der Waals surface area contributed by atoms with Gasteiger partial charge in [-0.3, -0.25) is 4.79 Å². The van der Waals surface area contributed by atoms with E-state index in [1.807, 2.05) is 40.9 Å². The van der Waals surface area contributed by atoms with Crippen LogP contribution in [-0.2, 0) is 0 Å². The molecule has 0 saturated carbocycles. The first kappa shape index (κ1) is 12.9. The Bertz CT molecular complexity index is 663. The monoisotopic (exact) mass is 283 g/mol. The van der Waals surface area contributed by atoms with Crippen molar-refractivity contribution < 1.29 is 4.79 Å². The predicted octanol–water partition coefficient (Wildman–Crippen LogP) is 2.29. The van der Waals surface area contributed by atoms with Gasteiger partial charge in [-0.25, -0.2) is 0 Å². The van der Waals surface area contributed by atoms with Gasteiger partial charge in [0.2, 0.25) is 0 Å². The minimum atomic E-state index is 0.0511. The van der Waals surface area contributed by atoms with Crippen molar-refractivity contribution in [2.24, 2.45) is 0 Å². The number of fused-ring (bicyclic) bond motifs is 3. The smallest absolute Gasteiger partial charge is 0.268 e. The first-order chi connectivity index (χ1) is 10.2. The van der Waals surface area contributed by atoms with Crippen molar-refractivity contribution in [3.05, 3.63) is 42.2 Å². The number of hydrogen-bond donors (Lipinski definition) is 1. The highest BCUT2D eigenvalue weighted by Crippen LogP contribution is 2.34. The molecule has 110 valence electrons. The van der Waals surface area contributed by atoms with E-state index in [2.05, 4.69) is 17.3 Å². The van der Waals surface area contributed by atoms with Crippen LogP contribution >= 0.6 is 0 Å². The summed E-state index contributed by atoms with van der Waals surface area (Å²) < 4.78 is 1.96. The average Bonchev–Trinajstić information content (AvgIpc) is 2.98. The summed E-state index contributed by atoms with van der Waals surface area (Å²) in [6.45, 7) is 0. The van der Waals surface area contributed by atoms with Crippen LogP contribution in [0.5, 0.6) is 0 Å². The van der Waals surface area contributed by atoms with Crippen molar-refractivity contribution >= 4 is 11.4 Å². The molecule has 0 aromatic carbocycles. The highest BCUT2D eigenvalue weighted by atomic mass is 16.2. The van der Waals surface area contributed by atoms with Gasteiger partial charge in [0, 0.05) is 29.8 Å². The van der Waals surface area contributed by atoms with Crippen LogP contribution in [0.15, 0.2) is 36.5 Å². The third kappa shape index (κ3) is 2.14. The van der Waals surface area contributed by atoms with Gasteiger partial charge >= 0.3 is 0 Å². The zero-order chi connectivity index (χ0) is 14.4. The molecule has 1 unspecified atom stereocenters. The molecule has 3 atom stereocenters. The van der Waals surface area contributed by atoms with Crippen molar-refractivity contribution in [3.63, 3.8) is 0 Å². The lowest BCUT2D eigenvalue weighted by Gasteiger charge is -2.36. The van der Waals surface area contributed by atoms with Crippen molar-refractivity contribution in [2.45, 2.75) is 43.8 Å². The Labute approximate surface area is 124 Å². The van der Waals surface area contributed by atoms with Gasteiger partial charge in [-0.2, -0.15) is 0 Å². The Morgan fingerprint density at radius 1 is 1.14 bits per heavy atom. The number of carbonyl (C=O) groups excluding carboxylic acids is 1. The summed E-state index contributed by atoms with van der Waals surface area (Å²) in [4.78, 5) is 15.1. The molecule has 4 heteroatoms. The molecule has 0 aliphatic carbocycles. The second-order valence-electron chi connectivity index (χ2n) is 6.41. The Morgan fingerprint density at radius 2 is 1.90 bits per heavy atom. The highest BCUT2D eigenvalue weighted by Gasteiger charge is 2.38. The standard InChI is InChI=1S/C17H21N3O/c1-19-14-5-6-15(19)11-12(10-14)18-17(21)16-8-7-13-4-2-3-9-20(13)16/h2-4,7-9,12,14-15H,5-6,10-11H2,1H3,(H,18,21)/t12?,14-,15+. The lowest BCUT2D eigenvalue weighted by Crippen LogP contribution is -2.48. The van der Waals surface area contributed by atoms with Crippen molar-refractivity contribution in [3.8, 4) is 0 Å². The second kappa shape index (κ2) is 4.88. The molecule has 2 bridgehead atoms. The molecule has 1 N–H and O–H groups in total. The number of nitrogens with one attached hydrogen (secondary N) is 1. The Balaban J connectivity index is 1.51. The molecule has 1 amide bonds. The maximum Gasteiger partial charge on any atom is 0.268 e. The van der Waals surface area contributed by atoms with Crippen molar-refractivity contribution in [1.82, 2.24) is 14.6 Å². The summed E-state index contributed by atoms with van der Waals surface area (Å²) in [5.41, 5.74) is 1.79. The van der Waals surface area contributed by atoms with Crippen molar-refractivity contribution in [2.75, 3.05) is 7.05 Å². The van der Waals surface area contributed by atoms with Gasteiger partial charge in [-0.15, -0.1) is 0 Å². The third-order valence-corrected chi connectivity index (χ3v) is 5.23.